The second-order valence-corrected chi connectivity index (χ2v) is 8.43. The van der Waals surface area contributed by atoms with Crippen LogP contribution in [-0.4, -0.2) is 11.8 Å². The van der Waals surface area contributed by atoms with Crippen LogP contribution in [0, 0.1) is 0 Å². The van der Waals surface area contributed by atoms with Gasteiger partial charge in [0.1, 0.15) is 5.58 Å². The number of furan rings is 1. The second kappa shape index (κ2) is 7.67. The van der Waals surface area contributed by atoms with Gasteiger partial charge in [0.2, 0.25) is 5.91 Å². The molecule has 0 aliphatic heterocycles. The molecule has 1 aromatic heterocycles. The minimum absolute atomic E-state index is 0.0146. The monoisotopic (exact) mass is 400 g/mol. The van der Waals surface area contributed by atoms with Gasteiger partial charge in [0.25, 0.3) is 5.91 Å². The zero-order chi connectivity index (χ0) is 21.3. The summed E-state index contributed by atoms with van der Waals surface area (Å²) in [4.78, 5) is 24.8. The van der Waals surface area contributed by atoms with E-state index in [2.05, 4.69) is 31.6 Å². The van der Waals surface area contributed by atoms with Crippen LogP contribution in [0.1, 0.15) is 42.3 Å². The third-order valence-corrected chi connectivity index (χ3v) is 5.22. The summed E-state index contributed by atoms with van der Waals surface area (Å²) in [5.74, 6) is -0.670. The predicted octanol–water partition coefficient (Wildman–Crippen LogP) is 4.89. The molecule has 5 heteroatoms. The van der Waals surface area contributed by atoms with Crippen LogP contribution < -0.4 is 10.9 Å². The summed E-state index contributed by atoms with van der Waals surface area (Å²) < 4.78 is 5.62. The summed E-state index contributed by atoms with van der Waals surface area (Å²) in [6.45, 7) is 6.35. The topological polar surface area (TPSA) is 71.3 Å². The van der Waals surface area contributed by atoms with Gasteiger partial charge in [0, 0.05) is 16.5 Å². The van der Waals surface area contributed by atoms with Gasteiger partial charge in [-0.2, -0.15) is 0 Å². The summed E-state index contributed by atoms with van der Waals surface area (Å²) in [7, 11) is 0. The second-order valence-electron chi connectivity index (χ2n) is 8.43. The maximum Gasteiger partial charge on any atom is 0.269 e. The normalized spacial score (nSPS) is 11.6. The Morgan fingerprint density at radius 1 is 0.900 bits per heavy atom. The summed E-state index contributed by atoms with van der Waals surface area (Å²) in [5, 5.41) is 3.04. The number of amides is 2. The molecule has 0 fully saturated rings. The Labute approximate surface area is 175 Å². The molecule has 0 bridgehead atoms. The van der Waals surface area contributed by atoms with Gasteiger partial charge in [0.15, 0.2) is 0 Å². The lowest BCUT2D eigenvalue weighted by Crippen LogP contribution is -2.42. The van der Waals surface area contributed by atoms with Gasteiger partial charge < -0.3 is 4.42 Å². The first kappa shape index (κ1) is 19.7. The van der Waals surface area contributed by atoms with E-state index in [1.807, 2.05) is 48.5 Å². The molecule has 3 aromatic carbocycles. The molecule has 0 unspecified atom stereocenters. The lowest BCUT2D eigenvalue weighted by atomic mass is 9.87. The standard InChI is InChI=1S/C25H24N2O3/c1-25(2,3)19-11-8-17(9-12-19)24(29)27-26-22(28)14-18-15-30-21-13-10-16-6-4-5-7-20(16)23(18)21/h4-13,15H,14H2,1-3H3,(H,26,28)(H,27,29). The van der Waals surface area contributed by atoms with Crippen LogP contribution in [0.4, 0.5) is 0 Å². The van der Waals surface area contributed by atoms with E-state index in [-0.39, 0.29) is 23.7 Å². The van der Waals surface area contributed by atoms with Gasteiger partial charge in [-0.15, -0.1) is 0 Å². The Hall–Kier alpha value is -3.60. The number of benzene rings is 3. The molecule has 0 radical (unpaired) electrons. The van der Waals surface area contributed by atoms with Crippen molar-refractivity contribution >= 4 is 33.6 Å². The maximum atomic E-state index is 12.4. The molecular weight excluding hydrogens is 376 g/mol. The Kier molecular flexibility index (Phi) is 5.04. The van der Waals surface area contributed by atoms with E-state index in [9.17, 15) is 9.59 Å². The SMILES string of the molecule is CC(C)(C)c1ccc(C(=O)NNC(=O)Cc2coc3ccc4ccccc4c23)cc1. The van der Waals surface area contributed by atoms with E-state index in [1.165, 1.54) is 0 Å². The minimum atomic E-state index is -0.355. The van der Waals surface area contributed by atoms with E-state index >= 15 is 0 Å². The first-order chi connectivity index (χ1) is 14.3. The quantitative estimate of drug-likeness (QED) is 0.481. The zero-order valence-electron chi connectivity index (χ0n) is 17.3. The van der Waals surface area contributed by atoms with Crippen LogP contribution in [0.15, 0.2) is 71.3 Å². The van der Waals surface area contributed by atoms with Crippen molar-refractivity contribution in [2.75, 3.05) is 0 Å². The van der Waals surface area contributed by atoms with Crippen molar-refractivity contribution in [1.82, 2.24) is 10.9 Å². The molecule has 0 aliphatic rings. The van der Waals surface area contributed by atoms with Gasteiger partial charge in [0.05, 0.1) is 12.7 Å². The van der Waals surface area contributed by atoms with E-state index in [0.29, 0.717) is 5.56 Å². The fraction of sp³-hybridized carbons (Fsp3) is 0.200. The molecule has 30 heavy (non-hydrogen) atoms. The van der Waals surface area contributed by atoms with Crippen molar-refractivity contribution in [2.24, 2.45) is 0 Å². The van der Waals surface area contributed by atoms with Crippen molar-refractivity contribution in [2.45, 2.75) is 32.6 Å². The molecule has 0 saturated carbocycles. The highest BCUT2D eigenvalue weighted by atomic mass is 16.3. The van der Waals surface area contributed by atoms with Gasteiger partial charge in [-0.25, -0.2) is 0 Å². The van der Waals surface area contributed by atoms with Crippen LogP contribution in [0.5, 0.6) is 0 Å². The van der Waals surface area contributed by atoms with Crippen molar-refractivity contribution in [3.8, 4) is 0 Å². The molecule has 4 aromatic rings. The van der Waals surface area contributed by atoms with Crippen LogP contribution in [0.2, 0.25) is 0 Å². The fourth-order valence-electron chi connectivity index (χ4n) is 3.54. The smallest absolute Gasteiger partial charge is 0.269 e. The largest absolute Gasteiger partial charge is 0.464 e. The molecule has 1 heterocycles. The molecule has 5 nitrogen and oxygen atoms in total. The average molecular weight is 400 g/mol. The lowest BCUT2D eigenvalue weighted by molar-refractivity contribution is -0.121. The van der Waals surface area contributed by atoms with E-state index < -0.39 is 0 Å². The molecule has 0 saturated heterocycles. The van der Waals surface area contributed by atoms with Crippen molar-refractivity contribution in [1.29, 1.82) is 0 Å². The number of carbonyl (C=O) groups is 2. The Bertz CT molecular complexity index is 1230. The third kappa shape index (κ3) is 3.92. The number of hydrazine groups is 1. The number of hydrogen-bond donors (Lipinski definition) is 2. The van der Waals surface area contributed by atoms with Crippen LogP contribution in [-0.2, 0) is 16.6 Å². The predicted molar refractivity (Wildman–Crippen MR) is 118 cm³/mol. The van der Waals surface area contributed by atoms with Crippen LogP contribution in [0.25, 0.3) is 21.7 Å². The van der Waals surface area contributed by atoms with E-state index in [0.717, 1.165) is 32.9 Å². The molecule has 2 amide bonds. The van der Waals surface area contributed by atoms with Crippen LogP contribution >= 0.6 is 0 Å². The van der Waals surface area contributed by atoms with Gasteiger partial charge >= 0.3 is 0 Å². The van der Waals surface area contributed by atoms with Crippen molar-refractivity contribution < 1.29 is 14.0 Å². The highest BCUT2D eigenvalue weighted by molar-refractivity contribution is 6.08. The molecular formula is C25H24N2O3. The van der Waals surface area contributed by atoms with Gasteiger partial charge in [-0.3, -0.25) is 20.4 Å². The fourth-order valence-corrected chi connectivity index (χ4v) is 3.54. The highest BCUT2D eigenvalue weighted by Crippen LogP contribution is 2.30. The van der Waals surface area contributed by atoms with E-state index in [4.69, 9.17) is 4.42 Å². The molecule has 0 aliphatic carbocycles. The van der Waals surface area contributed by atoms with Crippen molar-refractivity contribution in [3.05, 3.63) is 83.6 Å². The summed E-state index contributed by atoms with van der Waals surface area (Å²) >= 11 is 0. The first-order valence-corrected chi connectivity index (χ1v) is 9.90. The Balaban J connectivity index is 1.44. The molecule has 2 N–H and O–H groups in total. The number of nitrogens with one attached hydrogen (secondary N) is 2. The number of fused-ring (bicyclic) bond motifs is 3. The van der Waals surface area contributed by atoms with Gasteiger partial charge in [-0.05, 0) is 39.9 Å². The lowest BCUT2D eigenvalue weighted by Gasteiger charge is -2.19. The summed E-state index contributed by atoms with van der Waals surface area (Å²) in [6, 6.07) is 19.3. The third-order valence-electron chi connectivity index (χ3n) is 5.22. The molecule has 0 spiro atoms. The molecule has 152 valence electrons. The first-order valence-electron chi connectivity index (χ1n) is 9.90. The number of rotatable bonds is 3. The summed E-state index contributed by atoms with van der Waals surface area (Å²) in [5.41, 5.74) is 8.14. The Morgan fingerprint density at radius 3 is 2.37 bits per heavy atom. The number of hydrogen-bond acceptors (Lipinski definition) is 3. The summed E-state index contributed by atoms with van der Waals surface area (Å²) in [6.07, 6.45) is 1.70. The van der Waals surface area contributed by atoms with E-state index in [1.54, 1.807) is 18.4 Å². The molecule has 4 rings (SSSR count). The van der Waals surface area contributed by atoms with Gasteiger partial charge in [-0.1, -0.05) is 63.2 Å². The average Bonchev–Trinajstić information content (AvgIpc) is 3.14. The minimum Gasteiger partial charge on any atom is -0.464 e. The Morgan fingerprint density at radius 2 is 1.63 bits per heavy atom. The highest BCUT2D eigenvalue weighted by Gasteiger charge is 2.16. The van der Waals surface area contributed by atoms with Crippen LogP contribution in [0.3, 0.4) is 0 Å². The maximum absolute atomic E-state index is 12.4. The van der Waals surface area contributed by atoms with Crippen molar-refractivity contribution in [3.63, 3.8) is 0 Å². The molecule has 0 atom stereocenters. The zero-order valence-corrected chi connectivity index (χ0v) is 17.3. The number of carbonyl (C=O) groups excluding carboxylic acids is 2.